The molecular weight excluding hydrogens is 739 g/mol. The van der Waals surface area contributed by atoms with E-state index >= 15 is 0 Å². The molecule has 0 bridgehead atoms. The standard InChI is InChI=1S/C53H50N5S/c1-3-35(25-28-54)36-18-20-37(21-19-36)45-33-46(38-26-29-55-30-27-38)57-53(56-45)41-15-10-16-42(32-41)58-47-24-23-44-49(39-11-6-4-7-12-39)51(40-13-8-5-9-14-40)59-52(44)50(47)43-22-17-34(2)31-48(43)58/h3,5-6,8-9,11,13-15,17-22,25-30,32-34,39,53H,4,7,10,12,16,23-24,31,54H2,1-2H3/q-1/b28-25-,35-3+. The molecule has 2 N–H and O–H groups in total. The summed E-state index contributed by atoms with van der Waals surface area (Å²) in [6, 6.07) is 23.9. The molecule has 10 rings (SSSR count). The molecule has 4 aliphatic carbocycles. The Morgan fingerprint density at radius 2 is 1.73 bits per heavy atom. The smallest absolute Gasteiger partial charge is 0.0624 e. The number of hydrogen-bond acceptors (Lipinski definition) is 4. The van der Waals surface area contributed by atoms with E-state index in [0.29, 0.717) is 11.8 Å². The lowest BCUT2D eigenvalue weighted by Crippen LogP contribution is -2.19. The number of allylic oxidation sites excluding steroid dienone is 9. The molecule has 59 heavy (non-hydrogen) atoms. The summed E-state index contributed by atoms with van der Waals surface area (Å²) in [4.78, 5) is 12.6. The van der Waals surface area contributed by atoms with E-state index in [1.807, 2.05) is 48.9 Å². The van der Waals surface area contributed by atoms with Crippen LogP contribution in [0.25, 0.3) is 49.2 Å². The molecule has 1 aliphatic heterocycles. The van der Waals surface area contributed by atoms with Crippen molar-refractivity contribution >= 4 is 40.1 Å². The molecule has 6 heteroatoms. The van der Waals surface area contributed by atoms with Crippen LogP contribution in [0.3, 0.4) is 0 Å². The van der Waals surface area contributed by atoms with Crippen LogP contribution in [0.5, 0.6) is 0 Å². The Morgan fingerprint density at radius 3 is 2.51 bits per heavy atom. The number of benzene rings is 2. The predicted molar refractivity (Wildman–Crippen MR) is 249 cm³/mol. The summed E-state index contributed by atoms with van der Waals surface area (Å²) in [5.74, 6) is 0.966. The van der Waals surface area contributed by atoms with Crippen LogP contribution in [0.4, 0.5) is 0 Å². The maximum absolute atomic E-state index is 5.75. The Bertz CT molecular complexity index is 2660. The van der Waals surface area contributed by atoms with E-state index in [4.69, 9.17) is 16.0 Å². The van der Waals surface area contributed by atoms with E-state index in [-0.39, 0.29) is 6.17 Å². The molecule has 2 aromatic carbocycles. The largest absolute Gasteiger partial charge is 0.659 e. The average molecular weight is 789 g/mol. The summed E-state index contributed by atoms with van der Waals surface area (Å²) >= 11 is 2.04. The number of pyridine rings is 1. The van der Waals surface area contributed by atoms with E-state index in [1.54, 1.807) is 17.3 Å². The van der Waals surface area contributed by atoms with Gasteiger partial charge >= 0.3 is 0 Å². The molecule has 5 aromatic rings. The first kappa shape index (κ1) is 37.3. The Kier molecular flexibility index (Phi) is 10.1. The second kappa shape index (κ2) is 16.0. The Hall–Kier alpha value is -5.98. The molecule has 3 atom stereocenters. The fourth-order valence-electron chi connectivity index (χ4n) is 9.81. The van der Waals surface area contributed by atoms with Crippen molar-refractivity contribution in [3.8, 4) is 20.9 Å². The van der Waals surface area contributed by atoms with Gasteiger partial charge in [-0.15, -0.1) is 17.0 Å². The van der Waals surface area contributed by atoms with Gasteiger partial charge in [0.25, 0.3) is 0 Å². The number of aromatic nitrogens is 2. The maximum Gasteiger partial charge on any atom is 0.0624 e. The molecule has 4 heterocycles. The van der Waals surface area contributed by atoms with Crippen LogP contribution in [0.2, 0.25) is 0 Å². The fraction of sp³-hybridized carbons (Fsp3) is 0.245. The van der Waals surface area contributed by atoms with Gasteiger partial charge in [-0.05, 0) is 134 Å². The summed E-state index contributed by atoms with van der Waals surface area (Å²) in [6.45, 7) is 4.40. The second-order valence-electron chi connectivity index (χ2n) is 16.4. The van der Waals surface area contributed by atoms with Gasteiger partial charge in [-0.1, -0.05) is 104 Å². The normalized spacial score (nSPS) is 21.2. The molecule has 0 fully saturated rings. The topological polar surface area (TPSA) is 70.3 Å². The monoisotopic (exact) mass is 788 g/mol. The fourth-order valence-corrected chi connectivity index (χ4v) is 11.3. The molecule has 3 unspecified atom stereocenters. The molecule has 5 aliphatic rings. The SMILES string of the molecule is C/C=C(\C=C/N)c1ccc(C2=CC(c3ccncc3)=NC(C3=CCCC(n4c5c(c6c4CCc4c-6sc(-c6ccccc6)c4C4C=CCCC4)C=CC(C)C5)=C3)[N-]2)cc1. The van der Waals surface area contributed by atoms with Gasteiger partial charge in [0, 0.05) is 68.0 Å². The minimum atomic E-state index is -0.358. The van der Waals surface area contributed by atoms with Crippen molar-refractivity contribution in [1.29, 1.82) is 0 Å². The van der Waals surface area contributed by atoms with Gasteiger partial charge in [-0.25, -0.2) is 0 Å². The molecule has 5 nitrogen and oxygen atoms in total. The van der Waals surface area contributed by atoms with Crippen LogP contribution in [0.15, 0.2) is 144 Å². The minimum Gasteiger partial charge on any atom is -0.659 e. The van der Waals surface area contributed by atoms with E-state index in [1.165, 1.54) is 62.8 Å². The van der Waals surface area contributed by atoms with Crippen LogP contribution >= 0.6 is 11.3 Å². The third kappa shape index (κ3) is 6.93. The van der Waals surface area contributed by atoms with Crippen LogP contribution in [0, 0.1) is 5.92 Å². The maximum atomic E-state index is 5.75. The highest BCUT2D eigenvalue weighted by Gasteiger charge is 2.35. The van der Waals surface area contributed by atoms with Crippen LogP contribution in [-0.2, 0) is 19.3 Å². The molecule has 0 saturated carbocycles. The second-order valence-corrected chi connectivity index (χ2v) is 17.4. The van der Waals surface area contributed by atoms with Gasteiger partial charge in [0.05, 0.1) is 5.71 Å². The highest BCUT2D eigenvalue weighted by molar-refractivity contribution is 7.19. The molecule has 0 saturated heterocycles. The van der Waals surface area contributed by atoms with Gasteiger partial charge in [0.15, 0.2) is 0 Å². The quantitative estimate of drug-likeness (QED) is 0.126. The molecular formula is C53H50N5S-. The Balaban J connectivity index is 1.06. The number of fused-ring (bicyclic) bond motifs is 5. The number of nitrogens with zero attached hydrogens (tertiary/aromatic N) is 4. The van der Waals surface area contributed by atoms with Crippen LogP contribution in [0.1, 0.15) is 96.6 Å². The van der Waals surface area contributed by atoms with Gasteiger partial charge in [-0.2, -0.15) is 0 Å². The highest BCUT2D eigenvalue weighted by atomic mass is 32.1. The van der Waals surface area contributed by atoms with E-state index in [9.17, 15) is 0 Å². The van der Waals surface area contributed by atoms with Crippen molar-refractivity contribution in [3.63, 3.8) is 0 Å². The van der Waals surface area contributed by atoms with E-state index in [2.05, 4.69) is 120 Å². The van der Waals surface area contributed by atoms with Crippen LogP contribution < -0.4 is 5.73 Å². The van der Waals surface area contributed by atoms with E-state index < -0.39 is 0 Å². The molecule has 294 valence electrons. The molecule has 0 amide bonds. The third-order valence-corrected chi connectivity index (χ3v) is 13.9. The first-order valence-corrected chi connectivity index (χ1v) is 22.2. The summed E-state index contributed by atoms with van der Waals surface area (Å²) < 4.78 is 2.70. The zero-order valence-electron chi connectivity index (χ0n) is 33.9. The van der Waals surface area contributed by atoms with Gasteiger partial charge in [0.1, 0.15) is 0 Å². The van der Waals surface area contributed by atoms with Crippen molar-refractivity contribution < 1.29 is 0 Å². The number of rotatable bonds is 8. The summed E-state index contributed by atoms with van der Waals surface area (Å²) in [5, 5.41) is 5.37. The van der Waals surface area contributed by atoms with E-state index in [0.717, 1.165) is 71.3 Å². The van der Waals surface area contributed by atoms with Crippen molar-refractivity contribution in [2.24, 2.45) is 16.6 Å². The van der Waals surface area contributed by atoms with Gasteiger partial charge in [-0.3, -0.25) is 9.98 Å². The van der Waals surface area contributed by atoms with Gasteiger partial charge in [0.2, 0.25) is 0 Å². The van der Waals surface area contributed by atoms with Crippen molar-refractivity contribution in [3.05, 3.63) is 190 Å². The van der Waals surface area contributed by atoms with Crippen molar-refractivity contribution in [2.45, 2.75) is 77.3 Å². The summed E-state index contributed by atoms with van der Waals surface area (Å²) in [6.07, 6.45) is 34.4. The molecule has 0 radical (unpaired) electrons. The minimum absolute atomic E-state index is 0.358. The predicted octanol–water partition coefficient (Wildman–Crippen LogP) is 13.1. The van der Waals surface area contributed by atoms with Crippen LogP contribution in [-0.4, -0.2) is 21.4 Å². The summed E-state index contributed by atoms with van der Waals surface area (Å²) in [5.41, 5.74) is 24.8. The van der Waals surface area contributed by atoms with Crippen molar-refractivity contribution in [2.75, 3.05) is 0 Å². The van der Waals surface area contributed by atoms with Gasteiger partial charge < -0.3 is 15.6 Å². The average Bonchev–Trinajstić information content (AvgIpc) is 3.85. The number of thiophene rings is 1. The number of nitrogens with two attached hydrogens (primary N) is 1. The lowest BCUT2D eigenvalue weighted by atomic mass is 9.81. The Morgan fingerprint density at radius 1 is 0.881 bits per heavy atom. The zero-order chi connectivity index (χ0) is 39.9. The molecule has 0 spiro atoms. The highest BCUT2D eigenvalue weighted by Crippen LogP contribution is 2.54. The first-order chi connectivity index (χ1) is 29.1. The summed E-state index contributed by atoms with van der Waals surface area (Å²) in [7, 11) is 0. The third-order valence-electron chi connectivity index (χ3n) is 12.6. The number of hydrogen-bond donors (Lipinski definition) is 1. The lowest BCUT2D eigenvalue weighted by Gasteiger charge is -2.39. The molecule has 3 aromatic heterocycles. The zero-order valence-corrected chi connectivity index (χ0v) is 34.8. The number of aliphatic imine (C=N–C) groups is 1. The lowest BCUT2D eigenvalue weighted by molar-refractivity contribution is 0.649. The first-order valence-electron chi connectivity index (χ1n) is 21.4. The van der Waals surface area contributed by atoms with Crippen molar-refractivity contribution in [1.82, 2.24) is 9.55 Å². The Labute approximate surface area is 352 Å².